The van der Waals surface area contributed by atoms with E-state index in [1.54, 1.807) is 0 Å². The van der Waals surface area contributed by atoms with Crippen LogP contribution in [0.2, 0.25) is 0 Å². The fourth-order valence-electron chi connectivity index (χ4n) is 11.7. The van der Waals surface area contributed by atoms with Crippen molar-refractivity contribution < 1.29 is 0 Å². The van der Waals surface area contributed by atoms with E-state index in [4.69, 9.17) is 10.7 Å². The average molecular weight is 837 g/mol. The largest absolute Gasteiger partial charge is 0.398 e. The van der Waals surface area contributed by atoms with E-state index in [1.165, 1.54) is 125 Å². The summed E-state index contributed by atoms with van der Waals surface area (Å²) in [7, 11) is 0. The molecule has 0 atom stereocenters. The molecule has 1 aliphatic rings. The summed E-state index contributed by atoms with van der Waals surface area (Å²) in [6.07, 6.45) is 7.91. The fraction of sp³-hybridized carbons (Fsp3) is 0.0156. The maximum atomic E-state index is 6.86. The number of nitrogens with zero attached hydrogens (tertiary/aromatic N) is 1. The van der Waals surface area contributed by atoms with Gasteiger partial charge in [0.05, 0.1) is 5.69 Å². The van der Waals surface area contributed by atoms with Crippen LogP contribution in [0.25, 0.3) is 148 Å². The van der Waals surface area contributed by atoms with Crippen LogP contribution in [0.4, 0.5) is 0 Å². The van der Waals surface area contributed by atoms with Crippen LogP contribution in [0.15, 0.2) is 212 Å². The smallest absolute Gasteiger partial charge is 0.0702 e. The van der Waals surface area contributed by atoms with Crippen molar-refractivity contribution in [3.05, 3.63) is 218 Å². The second-order valence-electron chi connectivity index (χ2n) is 17.8. The SMILES string of the molecule is C/C=C\C=C(/N)c1cc2cc(-c3ccccn3)cc3c4ccc5c6c(ccc(c(c1)c23)c64)-c1cc2c(-c3ccccc3)c3c4ccccc4c4ccccc4c3c(-c3ccccc3)c2cc1-5. The first kappa shape index (κ1) is 36.8. The summed E-state index contributed by atoms with van der Waals surface area (Å²) in [6, 6.07) is 70.1. The molecule has 0 fully saturated rings. The summed E-state index contributed by atoms with van der Waals surface area (Å²) in [6.45, 7) is 2.02. The van der Waals surface area contributed by atoms with Crippen molar-refractivity contribution in [2.75, 3.05) is 0 Å². The summed E-state index contributed by atoms with van der Waals surface area (Å²) in [5.41, 5.74) is 20.7. The Morgan fingerprint density at radius 2 is 0.924 bits per heavy atom. The molecule has 12 aromatic carbocycles. The Hall–Kier alpha value is -8.59. The van der Waals surface area contributed by atoms with Crippen LogP contribution in [0.5, 0.6) is 0 Å². The first-order chi connectivity index (χ1) is 32.6. The van der Waals surface area contributed by atoms with Crippen molar-refractivity contribution >= 4 is 91.9 Å². The Labute approximate surface area is 381 Å². The number of nitrogens with two attached hydrogens (primary N) is 1. The lowest BCUT2D eigenvalue weighted by Crippen LogP contribution is -1.97. The molecule has 0 bridgehead atoms. The standard InChI is InChI=1S/C64H40N2/c1-2-3-24-56(65)39-31-41-32-40(57-25-14-15-30-66-57)34-53-49-29-27-47-51-36-55-54(35-50(51)46-26-28-48(62(49)61(46)47)52(33-39)58(41)53)59(37-16-6-4-7-17-37)63-44-22-12-10-20-42(44)43-21-11-13-23-45(43)64(63)60(55)38-18-8-5-9-19-38/h2-36H,65H2,1H3/b3-2-,56-24-. The highest BCUT2D eigenvalue weighted by molar-refractivity contribution is 6.40. The van der Waals surface area contributed by atoms with Gasteiger partial charge in [-0.25, -0.2) is 0 Å². The molecule has 2 N–H and O–H groups in total. The summed E-state index contributed by atoms with van der Waals surface area (Å²) < 4.78 is 0. The molecule has 0 amide bonds. The van der Waals surface area contributed by atoms with E-state index < -0.39 is 0 Å². The van der Waals surface area contributed by atoms with Crippen LogP contribution in [0.1, 0.15) is 12.5 Å². The number of benzene rings is 12. The van der Waals surface area contributed by atoms with Gasteiger partial charge < -0.3 is 5.73 Å². The number of allylic oxidation sites excluding steroid dienone is 3. The predicted molar refractivity (Wildman–Crippen MR) is 283 cm³/mol. The second-order valence-corrected chi connectivity index (χ2v) is 17.8. The van der Waals surface area contributed by atoms with Gasteiger partial charge in [0.1, 0.15) is 0 Å². The molecule has 2 nitrogen and oxygen atoms in total. The van der Waals surface area contributed by atoms with Gasteiger partial charge in [-0.1, -0.05) is 152 Å². The third-order valence-electron chi connectivity index (χ3n) is 14.4. The molecule has 0 unspecified atom stereocenters. The van der Waals surface area contributed by atoms with Gasteiger partial charge in [0.2, 0.25) is 0 Å². The highest BCUT2D eigenvalue weighted by atomic mass is 14.7. The van der Waals surface area contributed by atoms with E-state index in [0.29, 0.717) is 0 Å². The molecule has 13 aromatic rings. The molecule has 0 radical (unpaired) electrons. The van der Waals surface area contributed by atoms with Crippen molar-refractivity contribution in [2.24, 2.45) is 5.73 Å². The van der Waals surface area contributed by atoms with Gasteiger partial charge in [-0.15, -0.1) is 0 Å². The third-order valence-corrected chi connectivity index (χ3v) is 14.4. The first-order valence-corrected chi connectivity index (χ1v) is 22.9. The van der Waals surface area contributed by atoms with Crippen LogP contribution < -0.4 is 5.73 Å². The minimum Gasteiger partial charge on any atom is -0.398 e. The van der Waals surface area contributed by atoms with E-state index >= 15 is 0 Å². The fourth-order valence-corrected chi connectivity index (χ4v) is 11.7. The number of fused-ring (bicyclic) bond motifs is 12. The normalized spacial score (nSPS) is 12.7. The molecule has 306 valence electrons. The Balaban J connectivity index is 1.16. The van der Waals surface area contributed by atoms with Crippen LogP contribution in [-0.2, 0) is 0 Å². The number of rotatable bonds is 5. The molecule has 0 saturated carbocycles. The highest BCUT2D eigenvalue weighted by Gasteiger charge is 2.29. The summed E-state index contributed by atoms with van der Waals surface area (Å²) in [5, 5.41) is 20.1. The van der Waals surface area contributed by atoms with Gasteiger partial charge in [-0.05, 0) is 198 Å². The van der Waals surface area contributed by atoms with Crippen molar-refractivity contribution in [3.8, 4) is 55.8 Å². The van der Waals surface area contributed by atoms with E-state index in [0.717, 1.165) is 27.9 Å². The van der Waals surface area contributed by atoms with Crippen LogP contribution in [-0.4, -0.2) is 4.98 Å². The van der Waals surface area contributed by atoms with E-state index in [2.05, 4.69) is 182 Å². The van der Waals surface area contributed by atoms with Crippen molar-refractivity contribution in [2.45, 2.75) is 6.92 Å². The zero-order valence-electron chi connectivity index (χ0n) is 36.2. The number of aromatic nitrogens is 1. The Morgan fingerprint density at radius 1 is 0.394 bits per heavy atom. The molecule has 2 heteroatoms. The van der Waals surface area contributed by atoms with E-state index in [-0.39, 0.29) is 0 Å². The second kappa shape index (κ2) is 14.0. The van der Waals surface area contributed by atoms with E-state index in [1.807, 2.05) is 37.4 Å². The molecule has 66 heavy (non-hydrogen) atoms. The Bertz CT molecular complexity index is 4110. The van der Waals surface area contributed by atoms with E-state index in [9.17, 15) is 0 Å². The third kappa shape index (κ3) is 5.10. The summed E-state index contributed by atoms with van der Waals surface area (Å²) in [4.78, 5) is 4.82. The minimum absolute atomic E-state index is 0.739. The molecule has 0 aliphatic heterocycles. The maximum Gasteiger partial charge on any atom is 0.0702 e. The van der Waals surface area contributed by atoms with Gasteiger partial charge in [0.15, 0.2) is 0 Å². The number of hydrogen-bond acceptors (Lipinski definition) is 2. The number of pyridine rings is 1. The van der Waals surface area contributed by atoms with Gasteiger partial charge in [0, 0.05) is 17.5 Å². The predicted octanol–water partition coefficient (Wildman–Crippen LogP) is 17.3. The first-order valence-electron chi connectivity index (χ1n) is 22.9. The Kier molecular flexibility index (Phi) is 7.79. The van der Waals surface area contributed by atoms with Crippen LogP contribution in [0.3, 0.4) is 0 Å². The average Bonchev–Trinajstić information content (AvgIpc) is 3.70. The maximum absolute atomic E-state index is 6.86. The zero-order valence-corrected chi connectivity index (χ0v) is 36.2. The molecule has 1 aliphatic carbocycles. The topological polar surface area (TPSA) is 38.9 Å². The van der Waals surface area contributed by atoms with Gasteiger partial charge in [0.25, 0.3) is 0 Å². The molecule has 1 aromatic heterocycles. The van der Waals surface area contributed by atoms with Crippen LogP contribution >= 0.6 is 0 Å². The zero-order chi connectivity index (χ0) is 43.6. The lowest BCUT2D eigenvalue weighted by atomic mass is 9.80. The number of hydrogen-bond donors (Lipinski definition) is 1. The molecular weight excluding hydrogens is 797 g/mol. The quantitative estimate of drug-likeness (QED) is 0.107. The summed E-state index contributed by atoms with van der Waals surface area (Å²) >= 11 is 0. The molecule has 14 rings (SSSR count). The molecule has 1 heterocycles. The Morgan fingerprint density at radius 3 is 1.48 bits per heavy atom. The van der Waals surface area contributed by atoms with Gasteiger partial charge in [-0.2, -0.15) is 0 Å². The lowest BCUT2D eigenvalue weighted by molar-refractivity contribution is 1.33. The molecular formula is C64H40N2. The van der Waals surface area contributed by atoms with Crippen molar-refractivity contribution in [1.82, 2.24) is 4.98 Å². The van der Waals surface area contributed by atoms with Crippen LogP contribution in [0, 0.1) is 0 Å². The molecule has 0 saturated heterocycles. The highest BCUT2D eigenvalue weighted by Crippen LogP contribution is 2.57. The molecule has 0 spiro atoms. The lowest BCUT2D eigenvalue weighted by Gasteiger charge is -2.22. The van der Waals surface area contributed by atoms with Gasteiger partial charge >= 0.3 is 0 Å². The van der Waals surface area contributed by atoms with Crippen molar-refractivity contribution in [3.63, 3.8) is 0 Å². The van der Waals surface area contributed by atoms with Crippen molar-refractivity contribution in [1.29, 1.82) is 0 Å². The van der Waals surface area contributed by atoms with Gasteiger partial charge in [-0.3, -0.25) is 4.98 Å². The minimum atomic E-state index is 0.739. The summed E-state index contributed by atoms with van der Waals surface area (Å²) in [5.74, 6) is 0. The monoisotopic (exact) mass is 836 g/mol.